The van der Waals surface area contributed by atoms with Crippen molar-refractivity contribution in [2.24, 2.45) is 0 Å². The highest BCUT2D eigenvalue weighted by Crippen LogP contribution is 2.14. The van der Waals surface area contributed by atoms with Crippen LogP contribution in [0.15, 0.2) is 27.9 Å². The van der Waals surface area contributed by atoms with Crippen LogP contribution >= 0.6 is 0 Å². The van der Waals surface area contributed by atoms with Crippen molar-refractivity contribution in [1.29, 1.82) is 0 Å². The van der Waals surface area contributed by atoms with Gasteiger partial charge >= 0.3 is 5.69 Å². The van der Waals surface area contributed by atoms with E-state index in [1.54, 1.807) is 13.2 Å². The first-order valence-corrected chi connectivity index (χ1v) is 7.92. The molecule has 0 spiro atoms. The normalized spacial score (nSPS) is 12.0. The zero-order chi connectivity index (χ0) is 15.3. The highest BCUT2D eigenvalue weighted by molar-refractivity contribution is 7.89. The van der Waals surface area contributed by atoms with Gasteiger partial charge in [-0.15, -0.1) is 0 Å². The Bertz CT molecular complexity index is 750. The van der Waals surface area contributed by atoms with Crippen LogP contribution in [0, 0.1) is 0 Å². The Balaban J connectivity index is 1.98. The molecule has 0 saturated carbocycles. The molecule has 9 heteroatoms. The van der Waals surface area contributed by atoms with Gasteiger partial charge in [-0.25, -0.2) is 17.9 Å². The Morgan fingerprint density at radius 2 is 1.90 bits per heavy atom. The molecular weight excluding hydrogens is 296 g/mol. The van der Waals surface area contributed by atoms with E-state index in [9.17, 15) is 13.2 Å². The van der Waals surface area contributed by atoms with E-state index in [1.165, 1.54) is 12.1 Å². The minimum atomic E-state index is -3.59. The second-order valence-corrected chi connectivity index (χ2v) is 6.19. The van der Waals surface area contributed by atoms with Gasteiger partial charge in [-0.2, -0.15) is 0 Å². The number of rotatable bonds is 8. The zero-order valence-corrected chi connectivity index (χ0v) is 12.4. The van der Waals surface area contributed by atoms with Gasteiger partial charge in [-0.1, -0.05) is 0 Å². The number of H-pyrrole nitrogens is 2. The Kier molecular flexibility index (Phi) is 5.12. The average molecular weight is 314 g/mol. The van der Waals surface area contributed by atoms with E-state index in [2.05, 4.69) is 20.0 Å². The summed E-state index contributed by atoms with van der Waals surface area (Å²) in [6.07, 6.45) is 0. The topological polar surface area (TPSA) is 116 Å². The average Bonchev–Trinajstić information content (AvgIpc) is 2.81. The number of nitrogens with one attached hydrogen (secondary N) is 4. The summed E-state index contributed by atoms with van der Waals surface area (Å²) in [6.45, 7) is 2.01. The quantitative estimate of drug-likeness (QED) is 0.484. The molecule has 2 rings (SSSR count). The minimum absolute atomic E-state index is 0.113. The van der Waals surface area contributed by atoms with Crippen LogP contribution in [0.1, 0.15) is 0 Å². The van der Waals surface area contributed by atoms with Crippen LogP contribution in [0.2, 0.25) is 0 Å². The summed E-state index contributed by atoms with van der Waals surface area (Å²) >= 11 is 0. The second-order valence-electron chi connectivity index (χ2n) is 4.43. The Hall–Kier alpha value is -1.68. The highest BCUT2D eigenvalue weighted by Gasteiger charge is 2.14. The Morgan fingerprint density at radius 3 is 2.67 bits per heavy atom. The van der Waals surface area contributed by atoms with Gasteiger partial charge in [-0.05, 0) is 18.2 Å². The number of sulfonamides is 1. The van der Waals surface area contributed by atoms with Crippen LogP contribution in [-0.2, 0) is 14.8 Å². The van der Waals surface area contributed by atoms with E-state index < -0.39 is 10.0 Å². The Labute approximate surface area is 122 Å². The third-order valence-electron chi connectivity index (χ3n) is 2.87. The number of hydrogen-bond donors (Lipinski definition) is 4. The standard InChI is InChI=1S/C12H18N4O4S/c1-20-7-6-13-4-5-14-21(18,19)9-2-3-10-11(8-9)16-12(17)15-10/h2-3,8,13-14H,4-7H2,1H3,(H2,15,16,17). The number of aromatic nitrogens is 2. The van der Waals surface area contributed by atoms with Crippen molar-refractivity contribution >= 4 is 21.1 Å². The molecule has 0 aliphatic carbocycles. The van der Waals surface area contributed by atoms with Gasteiger partial charge in [0.1, 0.15) is 0 Å². The maximum Gasteiger partial charge on any atom is 0.323 e. The molecule has 0 amide bonds. The fraction of sp³-hybridized carbons (Fsp3) is 0.417. The van der Waals surface area contributed by atoms with Gasteiger partial charge in [0, 0.05) is 26.7 Å². The third kappa shape index (κ3) is 4.14. The maximum atomic E-state index is 12.1. The van der Waals surface area contributed by atoms with Gasteiger partial charge < -0.3 is 20.0 Å². The first-order valence-electron chi connectivity index (χ1n) is 6.44. The molecule has 2 aromatic rings. The van der Waals surface area contributed by atoms with Crippen LogP contribution in [0.5, 0.6) is 0 Å². The van der Waals surface area contributed by atoms with E-state index in [0.717, 1.165) is 0 Å². The smallest absolute Gasteiger partial charge is 0.323 e. The molecule has 0 aliphatic heterocycles. The van der Waals surface area contributed by atoms with E-state index in [1.807, 2.05) is 0 Å². The van der Waals surface area contributed by atoms with Gasteiger partial charge in [0.2, 0.25) is 10.0 Å². The number of hydrogen-bond acceptors (Lipinski definition) is 5. The monoisotopic (exact) mass is 314 g/mol. The summed E-state index contributed by atoms with van der Waals surface area (Å²) in [4.78, 5) is 16.4. The SMILES string of the molecule is COCCNCCNS(=O)(=O)c1ccc2[nH]c(=O)[nH]c2c1. The van der Waals surface area contributed by atoms with Crippen molar-refractivity contribution in [2.75, 3.05) is 33.4 Å². The molecule has 116 valence electrons. The zero-order valence-electron chi connectivity index (χ0n) is 11.6. The number of imidazole rings is 1. The molecule has 0 fully saturated rings. The number of benzene rings is 1. The summed E-state index contributed by atoms with van der Waals surface area (Å²) in [5, 5.41) is 3.04. The molecule has 0 unspecified atom stereocenters. The summed E-state index contributed by atoms with van der Waals surface area (Å²) in [5.41, 5.74) is 0.663. The molecule has 4 N–H and O–H groups in total. The summed E-state index contributed by atoms with van der Waals surface area (Å²) in [6, 6.07) is 4.43. The summed E-state index contributed by atoms with van der Waals surface area (Å²) in [5.74, 6) is 0. The molecule has 0 aliphatic rings. The number of aromatic amines is 2. The molecular formula is C12H18N4O4S. The lowest BCUT2D eigenvalue weighted by atomic mass is 10.3. The molecule has 1 aromatic carbocycles. The fourth-order valence-corrected chi connectivity index (χ4v) is 2.89. The van der Waals surface area contributed by atoms with Crippen LogP contribution in [0.4, 0.5) is 0 Å². The predicted molar refractivity (Wildman–Crippen MR) is 78.9 cm³/mol. The predicted octanol–water partition coefficient (Wildman–Crippen LogP) is -0.629. The number of fused-ring (bicyclic) bond motifs is 1. The van der Waals surface area contributed by atoms with Crippen molar-refractivity contribution in [3.8, 4) is 0 Å². The lowest BCUT2D eigenvalue weighted by Gasteiger charge is -2.07. The van der Waals surface area contributed by atoms with Crippen LogP contribution in [-0.4, -0.2) is 51.7 Å². The molecule has 0 atom stereocenters. The molecule has 8 nitrogen and oxygen atoms in total. The van der Waals surface area contributed by atoms with Crippen molar-refractivity contribution in [2.45, 2.75) is 4.90 Å². The number of ether oxygens (including phenoxy) is 1. The second kappa shape index (κ2) is 6.85. The first kappa shape index (κ1) is 15.7. The van der Waals surface area contributed by atoms with Crippen molar-refractivity contribution in [3.63, 3.8) is 0 Å². The largest absolute Gasteiger partial charge is 0.383 e. The third-order valence-corrected chi connectivity index (χ3v) is 4.33. The number of methoxy groups -OCH3 is 1. The van der Waals surface area contributed by atoms with Gasteiger partial charge in [-0.3, -0.25) is 0 Å². The first-order chi connectivity index (χ1) is 10.0. The van der Waals surface area contributed by atoms with Crippen molar-refractivity contribution < 1.29 is 13.2 Å². The lowest BCUT2D eigenvalue weighted by molar-refractivity contribution is 0.199. The molecule has 0 radical (unpaired) electrons. The molecule has 1 heterocycles. The van der Waals surface area contributed by atoms with Gasteiger partial charge in [0.15, 0.2) is 0 Å². The van der Waals surface area contributed by atoms with Gasteiger partial charge in [0.05, 0.1) is 22.5 Å². The van der Waals surface area contributed by atoms with E-state index in [0.29, 0.717) is 30.7 Å². The van der Waals surface area contributed by atoms with Crippen molar-refractivity contribution in [3.05, 3.63) is 28.7 Å². The lowest BCUT2D eigenvalue weighted by Crippen LogP contribution is -2.33. The van der Waals surface area contributed by atoms with Crippen molar-refractivity contribution in [1.82, 2.24) is 20.0 Å². The fourth-order valence-electron chi connectivity index (χ4n) is 1.84. The van der Waals surface area contributed by atoms with Crippen LogP contribution in [0.25, 0.3) is 11.0 Å². The van der Waals surface area contributed by atoms with Crippen LogP contribution in [0.3, 0.4) is 0 Å². The van der Waals surface area contributed by atoms with Gasteiger partial charge in [0.25, 0.3) is 0 Å². The molecule has 0 saturated heterocycles. The molecule has 0 bridgehead atoms. The summed E-state index contributed by atoms with van der Waals surface area (Å²) in [7, 11) is -1.99. The van der Waals surface area contributed by atoms with Crippen LogP contribution < -0.4 is 15.7 Å². The minimum Gasteiger partial charge on any atom is -0.383 e. The maximum absolute atomic E-state index is 12.1. The van der Waals surface area contributed by atoms with E-state index in [-0.39, 0.29) is 17.1 Å². The Morgan fingerprint density at radius 1 is 1.14 bits per heavy atom. The summed E-state index contributed by atoms with van der Waals surface area (Å²) < 4.78 is 31.6. The highest BCUT2D eigenvalue weighted by atomic mass is 32.2. The van der Waals surface area contributed by atoms with E-state index in [4.69, 9.17) is 4.74 Å². The molecule has 21 heavy (non-hydrogen) atoms. The molecule has 1 aromatic heterocycles. The van der Waals surface area contributed by atoms with E-state index >= 15 is 0 Å².